The van der Waals surface area contributed by atoms with E-state index in [2.05, 4.69) is 5.32 Å². The number of carbonyl (C=O) groups excluding carboxylic acids is 1. The van der Waals surface area contributed by atoms with Crippen molar-refractivity contribution in [3.05, 3.63) is 36.1 Å². The van der Waals surface area contributed by atoms with Crippen LogP contribution in [0.3, 0.4) is 0 Å². The number of amides is 1. The minimum atomic E-state index is -1.27. The lowest BCUT2D eigenvalue weighted by atomic mass is 9.74. The Morgan fingerprint density at radius 3 is 2.71 bits per heavy atom. The highest BCUT2D eigenvalue weighted by atomic mass is 16.5. The first kappa shape index (κ1) is 13.6. The van der Waals surface area contributed by atoms with Gasteiger partial charge < -0.3 is 19.6 Å². The SMILES string of the molecule is COC1CC(NC(=O)c2cc3ccccc3o2)(C(=O)O)C1. The second kappa shape index (κ2) is 4.89. The molecule has 1 fully saturated rings. The van der Waals surface area contributed by atoms with Crippen LogP contribution < -0.4 is 5.32 Å². The molecule has 1 amide bonds. The predicted octanol–water partition coefficient (Wildman–Crippen LogP) is 1.79. The smallest absolute Gasteiger partial charge is 0.329 e. The topological polar surface area (TPSA) is 88.8 Å². The molecule has 0 spiro atoms. The van der Waals surface area contributed by atoms with Gasteiger partial charge in [-0.15, -0.1) is 0 Å². The molecule has 110 valence electrons. The molecule has 1 aliphatic carbocycles. The van der Waals surface area contributed by atoms with Crippen LogP contribution >= 0.6 is 0 Å². The highest BCUT2D eigenvalue weighted by Gasteiger charge is 2.52. The van der Waals surface area contributed by atoms with Gasteiger partial charge in [0.05, 0.1) is 6.10 Å². The molecule has 2 aromatic rings. The number of hydrogen-bond donors (Lipinski definition) is 2. The predicted molar refractivity (Wildman–Crippen MR) is 74.1 cm³/mol. The summed E-state index contributed by atoms with van der Waals surface area (Å²) in [6, 6.07) is 8.83. The quantitative estimate of drug-likeness (QED) is 0.895. The Bertz CT molecular complexity index is 666. The van der Waals surface area contributed by atoms with Crippen LogP contribution in [0.1, 0.15) is 23.4 Å². The summed E-state index contributed by atoms with van der Waals surface area (Å²) in [7, 11) is 1.53. The number of fused-ring (bicyclic) bond motifs is 1. The van der Waals surface area contributed by atoms with Gasteiger partial charge in [0.25, 0.3) is 5.91 Å². The van der Waals surface area contributed by atoms with E-state index in [1.807, 2.05) is 12.1 Å². The van der Waals surface area contributed by atoms with E-state index in [0.717, 1.165) is 5.39 Å². The van der Waals surface area contributed by atoms with E-state index in [4.69, 9.17) is 9.15 Å². The van der Waals surface area contributed by atoms with Crippen LogP contribution in [0.15, 0.2) is 34.7 Å². The van der Waals surface area contributed by atoms with Crippen LogP contribution in [-0.4, -0.2) is 35.7 Å². The van der Waals surface area contributed by atoms with E-state index >= 15 is 0 Å². The summed E-state index contributed by atoms with van der Waals surface area (Å²) in [5.74, 6) is -1.47. The Hall–Kier alpha value is -2.34. The number of carboxylic acids is 1. The van der Waals surface area contributed by atoms with Crippen molar-refractivity contribution in [2.24, 2.45) is 0 Å². The van der Waals surface area contributed by atoms with Crippen molar-refractivity contribution in [3.8, 4) is 0 Å². The molecule has 1 aromatic heterocycles. The third kappa shape index (κ3) is 2.27. The van der Waals surface area contributed by atoms with Crippen LogP contribution in [0.5, 0.6) is 0 Å². The maximum Gasteiger partial charge on any atom is 0.329 e. The number of aliphatic carboxylic acids is 1. The lowest BCUT2D eigenvalue weighted by molar-refractivity contribution is -0.155. The van der Waals surface area contributed by atoms with Gasteiger partial charge in [-0.05, 0) is 12.1 Å². The van der Waals surface area contributed by atoms with Gasteiger partial charge in [0, 0.05) is 25.3 Å². The summed E-state index contributed by atoms with van der Waals surface area (Å²) < 4.78 is 10.5. The minimum Gasteiger partial charge on any atom is -0.480 e. The molecule has 2 N–H and O–H groups in total. The Kier molecular flexibility index (Phi) is 3.17. The molecule has 0 aliphatic heterocycles. The lowest BCUT2D eigenvalue weighted by Gasteiger charge is -2.43. The molecule has 0 radical (unpaired) electrons. The Labute approximate surface area is 120 Å². The number of para-hydroxylation sites is 1. The average molecular weight is 289 g/mol. The van der Waals surface area contributed by atoms with Crippen LogP contribution in [0.4, 0.5) is 0 Å². The van der Waals surface area contributed by atoms with Crippen molar-refractivity contribution in [2.75, 3.05) is 7.11 Å². The van der Waals surface area contributed by atoms with Gasteiger partial charge in [-0.3, -0.25) is 4.79 Å². The molecule has 0 atom stereocenters. The van der Waals surface area contributed by atoms with Crippen molar-refractivity contribution in [1.29, 1.82) is 0 Å². The number of benzene rings is 1. The van der Waals surface area contributed by atoms with Crippen molar-refractivity contribution in [2.45, 2.75) is 24.5 Å². The molecule has 1 aliphatic rings. The van der Waals surface area contributed by atoms with Crippen LogP contribution in [0, 0.1) is 0 Å². The molecule has 1 saturated carbocycles. The second-order valence-electron chi connectivity index (χ2n) is 5.26. The summed E-state index contributed by atoms with van der Waals surface area (Å²) in [5.41, 5.74) is -0.674. The van der Waals surface area contributed by atoms with E-state index in [-0.39, 0.29) is 24.7 Å². The first-order valence-corrected chi connectivity index (χ1v) is 6.61. The van der Waals surface area contributed by atoms with Gasteiger partial charge in [0.1, 0.15) is 11.1 Å². The monoisotopic (exact) mass is 289 g/mol. The van der Waals surface area contributed by atoms with Crippen LogP contribution in [0.2, 0.25) is 0 Å². The lowest BCUT2D eigenvalue weighted by Crippen LogP contribution is -2.64. The van der Waals surface area contributed by atoms with Crippen molar-refractivity contribution < 1.29 is 23.8 Å². The highest BCUT2D eigenvalue weighted by molar-refractivity contribution is 5.99. The fourth-order valence-electron chi connectivity index (χ4n) is 2.59. The molecule has 0 unspecified atom stereocenters. The number of ether oxygens (including phenoxy) is 1. The standard InChI is InChI=1S/C15H15NO5/c1-20-10-7-15(8-10,14(18)19)16-13(17)12-6-9-4-2-3-5-11(9)21-12/h2-6,10H,7-8H2,1H3,(H,16,17)(H,18,19). The zero-order valence-corrected chi connectivity index (χ0v) is 11.5. The molecular formula is C15H15NO5. The molecule has 6 nitrogen and oxygen atoms in total. The zero-order valence-electron chi connectivity index (χ0n) is 11.5. The summed E-state index contributed by atoms with van der Waals surface area (Å²) in [4.78, 5) is 23.6. The normalized spacial score (nSPS) is 24.5. The van der Waals surface area contributed by atoms with Gasteiger partial charge in [0.15, 0.2) is 5.76 Å². The number of carbonyl (C=O) groups is 2. The van der Waals surface area contributed by atoms with E-state index in [1.165, 1.54) is 7.11 Å². The molecule has 0 bridgehead atoms. The minimum absolute atomic E-state index is 0.109. The van der Waals surface area contributed by atoms with Gasteiger partial charge >= 0.3 is 5.97 Å². The molecule has 3 rings (SSSR count). The van der Waals surface area contributed by atoms with Gasteiger partial charge in [-0.25, -0.2) is 4.79 Å². The number of carboxylic acid groups (broad SMARTS) is 1. The van der Waals surface area contributed by atoms with Crippen LogP contribution in [-0.2, 0) is 9.53 Å². The molecule has 21 heavy (non-hydrogen) atoms. The number of methoxy groups -OCH3 is 1. The van der Waals surface area contributed by atoms with Crippen molar-refractivity contribution >= 4 is 22.8 Å². The number of nitrogens with one attached hydrogen (secondary N) is 1. The maximum absolute atomic E-state index is 12.2. The first-order valence-electron chi connectivity index (χ1n) is 6.61. The summed E-state index contributed by atoms with van der Waals surface area (Å²) in [5, 5.41) is 12.7. The molecule has 0 saturated heterocycles. The summed E-state index contributed by atoms with van der Waals surface area (Å²) in [6.07, 6.45) is 0.368. The Morgan fingerprint density at radius 1 is 1.38 bits per heavy atom. The molecule has 6 heteroatoms. The average Bonchev–Trinajstić information content (AvgIpc) is 2.85. The number of rotatable bonds is 4. The fourth-order valence-corrected chi connectivity index (χ4v) is 2.59. The Balaban J connectivity index is 1.80. The summed E-state index contributed by atoms with van der Waals surface area (Å²) in [6.45, 7) is 0. The van der Waals surface area contributed by atoms with Crippen molar-refractivity contribution in [1.82, 2.24) is 5.32 Å². The second-order valence-corrected chi connectivity index (χ2v) is 5.26. The molecular weight excluding hydrogens is 274 g/mol. The largest absolute Gasteiger partial charge is 0.480 e. The maximum atomic E-state index is 12.2. The third-order valence-electron chi connectivity index (χ3n) is 3.90. The summed E-state index contributed by atoms with van der Waals surface area (Å²) >= 11 is 0. The highest BCUT2D eigenvalue weighted by Crippen LogP contribution is 2.35. The number of furan rings is 1. The van der Waals surface area contributed by atoms with Gasteiger partial charge in [-0.1, -0.05) is 18.2 Å². The zero-order chi connectivity index (χ0) is 15.0. The van der Waals surface area contributed by atoms with E-state index in [0.29, 0.717) is 5.58 Å². The first-order chi connectivity index (χ1) is 10.0. The van der Waals surface area contributed by atoms with Gasteiger partial charge in [0.2, 0.25) is 0 Å². The van der Waals surface area contributed by atoms with Crippen LogP contribution in [0.25, 0.3) is 11.0 Å². The van der Waals surface area contributed by atoms with E-state index in [9.17, 15) is 14.7 Å². The van der Waals surface area contributed by atoms with Gasteiger partial charge in [-0.2, -0.15) is 0 Å². The van der Waals surface area contributed by atoms with E-state index in [1.54, 1.807) is 18.2 Å². The van der Waals surface area contributed by atoms with E-state index < -0.39 is 17.4 Å². The fraction of sp³-hybridized carbons (Fsp3) is 0.333. The van der Waals surface area contributed by atoms with Crippen molar-refractivity contribution in [3.63, 3.8) is 0 Å². The number of hydrogen-bond acceptors (Lipinski definition) is 4. The third-order valence-corrected chi connectivity index (χ3v) is 3.90. The Morgan fingerprint density at radius 2 is 2.10 bits per heavy atom. The molecule has 1 aromatic carbocycles. The molecule has 1 heterocycles.